The van der Waals surface area contributed by atoms with Gasteiger partial charge in [-0.2, -0.15) is 0 Å². The van der Waals surface area contributed by atoms with Crippen LogP contribution in [0.15, 0.2) is 48.7 Å². The molecule has 1 atom stereocenters. The lowest BCUT2D eigenvalue weighted by molar-refractivity contribution is 0.211. The van der Waals surface area contributed by atoms with Crippen molar-refractivity contribution in [1.29, 1.82) is 0 Å². The van der Waals surface area contributed by atoms with E-state index >= 15 is 0 Å². The number of fused-ring (bicyclic) bond motifs is 2. The zero-order chi connectivity index (χ0) is 14.4. The van der Waals surface area contributed by atoms with E-state index in [9.17, 15) is 4.39 Å². The van der Waals surface area contributed by atoms with Crippen molar-refractivity contribution in [3.05, 3.63) is 60.0 Å². The molecule has 0 bridgehead atoms. The maximum Gasteiger partial charge on any atom is 0.123 e. The summed E-state index contributed by atoms with van der Waals surface area (Å²) >= 11 is 0. The zero-order valence-corrected chi connectivity index (χ0v) is 11.4. The lowest BCUT2D eigenvalue weighted by atomic mass is 10.1. The fraction of sp³-hybridized carbons (Fsp3) is 0.176. The van der Waals surface area contributed by atoms with Gasteiger partial charge in [-0.05, 0) is 41.8 Å². The molecular weight excluding hydrogens is 267 g/mol. The smallest absolute Gasteiger partial charge is 0.123 e. The minimum atomic E-state index is -0.211. The van der Waals surface area contributed by atoms with Crippen molar-refractivity contribution in [2.45, 2.75) is 19.1 Å². The van der Waals surface area contributed by atoms with Crippen molar-refractivity contribution < 1.29 is 9.13 Å². The Labute approximate surface area is 121 Å². The number of anilines is 1. The Morgan fingerprint density at radius 3 is 3.00 bits per heavy atom. The second kappa shape index (κ2) is 4.52. The number of benzene rings is 2. The minimum absolute atomic E-state index is 0.0267. The third-order valence-electron chi connectivity index (χ3n) is 3.96. The summed E-state index contributed by atoms with van der Waals surface area (Å²) in [5.41, 5.74) is 8.65. The number of hydrogen-bond donors (Lipinski definition) is 1. The fourth-order valence-electron chi connectivity index (χ4n) is 2.97. The molecule has 4 heteroatoms. The van der Waals surface area contributed by atoms with Crippen molar-refractivity contribution in [2.24, 2.45) is 0 Å². The van der Waals surface area contributed by atoms with Crippen LogP contribution in [0.4, 0.5) is 10.1 Å². The van der Waals surface area contributed by atoms with Gasteiger partial charge in [0, 0.05) is 23.9 Å². The highest BCUT2D eigenvalue weighted by Gasteiger charge is 2.23. The summed E-state index contributed by atoms with van der Waals surface area (Å²) in [4.78, 5) is 0. The third kappa shape index (κ3) is 2.13. The SMILES string of the molecule is Nc1ccc2ccn(CC3Cc4cc(F)ccc4O3)c2c1. The maximum absolute atomic E-state index is 13.2. The Morgan fingerprint density at radius 1 is 1.19 bits per heavy atom. The average Bonchev–Trinajstić information content (AvgIpc) is 3.02. The molecule has 1 aromatic heterocycles. The number of rotatable bonds is 2. The van der Waals surface area contributed by atoms with Gasteiger partial charge in [0.1, 0.15) is 17.7 Å². The molecule has 0 fully saturated rings. The summed E-state index contributed by atoms with van der Waals surface area (Å²) in [7, 11) is 0. The lowest BCUT2D eigenvalue weighted by Crippen LogP contribution is -2.20. The van der Waals surface area contributed by atoms with E-state index in [4.69, 9.17) is 10.5 Å². The van der Waals surface area contributed by atoms with Gasteiger partial charge in [-0.25, -0.2) is 4.39 Å². The first-order valence-corrected chi connectivity index (χ1v) is 6.98. The van der Waals surface area contributed by atoms with Crippen LogP contribution < -0.4 is 10.5 Å². The molecule has 0 aliphatic carbocycles. The minimum Gasteiger partial charge on any atom is -0.488 e. The van der Waals surface area contributed by atoms with Crippen LogP contribution in [-0.4, -0.2) is 10.7 Å². The highest BCUT2D eigenvalue weighted by molar-refractivity contribution is 5.83. The van der Waals surface area contributed by atoms with Gasteiger partial charge in [-0.3, -0.25) is 0 Å². The van der Waals surface area contributed by atoms with Crippen molar-refractivity contribution >= 4 is 16.6 Å². The van der Waals surface area contributed by atoms with Crippen LogP contribution in [0.2, 0.25) is 0 Å². The van der Waals surface area contributed by atoms with Gasteiger partial charge >= 0.3 is 0 Å². The van der Waals surface area contributed by atoms with E-state index in [0.29, 0.717) is 0 Å². The van der Waals surface area contributed by atoms with Crippen molar-refractivity contribution in [1.82, 2.24) is 4.57 Å². The van der Waals surface area contributed by atoms with Gasteiger partial charge in [0.25, 0.3) is 0 Å². The second-order valence-corrected chi connectivity index (χ2v) is 5.48. The van der Waals surface area contributed by atoms with Crippen LogP contribution in [0.3, 0.4) is 0 Å². The number of aromatic nitrogens is 1. The van der Waals surface area contributed by atoms with Crippen LogP contribution in [0.1, 0.15) is 5.56 Å². The quantitative estimate of drug-likeness (QED) is 0.732. The third-order valence-corrected chi connectivity index (χ3v) is 3.96. The molecule has 3 nitrogen and oxygen atoms in total. The Balaban J connectivity index is 1.61. The van der Waals surface area contributed by atoms with Crippen molar-refractivity contribution in [2.75, 3.05) is 5.73 Å². The monoisotopic (exact) mass is 282 g/mol. The molecule has 0 radical (unpaired) electrons. The molecule has 2 heterocycles. The molecule has 3 aromatic rings. The molecule has 2 aromatic carbocycles. The number of hydrogen-bond acceptors (Lipinski definition) is 2. The Morgan fingerprint density at radius 2 is 2.10 bits per heavy atom. The summed E-state index contributed by atoms with van der Waals surface area (Å²) in [5.74, 6) is 0.578. The van der Waals surface area contributed by atoms with Crippen LogP contribution in [0.5, 0.6) is 5.75 Å². The number of halogens is 1. The molecule has 0 spiro atoms. The van der Waals surface area contributed by atoms with Gasteiger partial charge in [-0.1, -0.05) is 6.07 Å². The van der Waals surface area contributed by atoms with E-state index in [0.717, 1.165) is 40.9 Å². The highest BCUT2D eigenvalue weighted by Crippen LogP contribution is 2.30. The largest absolute Gasteiger partial charge is 0.488 e. The van der Waals surface area contributed by atoms with Gasteiger partial charge < -0.3 is 15.0 Å². The molecule has 106 valence electrons. The van der Waals surface area contributed by atoms with E-state index in [1.165, 1.54) is 6.07 Å². The molecule has 0 saturated heterocycles. The first-order valence-electron chi connectivity index (χ1n) is 6.98. The Bertz CT molecular complexity index is 825. The van der Waals surface area contributed by atoms with E-state index in [1.54, 1.807) is 12.1 Å². The molecule has 1 aliphatic heterocycles. The predicted octanol–water partition coefficient (Wildman–Crippen LogP) is 3.37. The van der Waals surface area contributed by atoms with E-state index in [-0.39, 0.29) is 11.9 Å². The summed E-state index contributed by atoms with van der Waals surface area (Å²) in [6, 6.07) is 12.6. The van der Waals surface area contributed by atoms with Crippen molar-refractivity contribution in [3.63, 3.8) is 0 Å². The normalized spacial score (nSPS) is 16.9. The molecule has 2 N–H and O–H groups in total. The van der Waals surface area contributed by atoms with Crippen LogP contribution in [-0.2, 0) is 13.0 Å². The number of nitrogen functional groups attached to an aromatic ring is 1. The number of ether oxygens (including phenoxy) is 1. The van der Waals surface area contributed by atoms with E-state index in [1.807, 2.05) is 24.4 Å². The first kappa shape index (κ1) is 12.3. The summed E-state index contributed by atoms with van der Waals surface area (Å²) in [5, 5.41) is 1.16. The van der Waals surface area contributed by atoms with Crippen LogP contribution in [0, 0.1) is 5.82 Å². The molecular formula is C17H15FN2O. The first-order chi connectivity index (χ1) is 10.2. The fourth-order valence-corrected chi connectivity index (χ4v) is 2.97. The maximum atomic E-state index is 13.2. The standard InChI is InChI=1S/C17H15FN2O/c18-13-2-4-17-12(7-13)8-15(21-17)10-20-6-5-11-1-3-14(19)9-16(11)20/h1-7,9,15H,8,10,19H2. The number of nitrogens with two attached hydrogens (primary N) is 1. The molecule has 21 heavy (non-hydrogen) atoms. The van der Waals surface area contributed by atoms with Gasteiger partial charge in [-0.15, -0.1) is 0 Å². The second-order valence-electron chi connectivity index (χ2n) is 5.48. The topological polar surface area (TPSA) is 40.2 Å². The molecule has 0 saturated carbocycles. The van der Waals surface area contributed by atoms with Crippen LogP contribution >= 0.6 is 0 Å². The van der Waals surface area contributed by atoms with E-state index < -0.39 is 0 Å². The van der Waals surface area contributed by atoms with Gasteiger partial charge in [0.15, 0.2) is 0 Å². The van der Waals surface area contributed by atoms with Gasteiger partial charge in [0.2, 0.25) is 0 Å². The van der Waals surface area contributed by atoms with Crippen LogP contribution in [0.25, 0.3) is 10.9 Å². The molecule has 0 amide bonds. The zero-order valence-electron chi connectivity index (χ0n) is 11.4. The Kier molecular flexibility index (Phi) is 2.64. The summed E-state index contributed by atoms with van der Waals surface area (Å²) in [6.07, 6.45) is 2.80. The number of nitrogens with zero attached hydrogens (tertiary/aromatic N) is 1. The van der Waals surface area contributed by atoms with E-state index in [2.05, 4.69) is 10.6 Å². The molecule has 1 unspecified atom stereocenters. The Hall–Kier alpha value is -2.49. The summed E-state index contributed by atoms with van der Waals surface area (Å²) in [6.45, 7) is 0.725. The predicted molar refractivity (Wildman–Crippen MR) is 80.9 cm³/mol. The summed E-state index contributed by atoms with van der Waals surface area (Å²) < 4.78 is 21.3. The van der Waals surface area contributed by atoms with Crippen molar-refractivity contribution in [3.8, 4) is 5.75 Å². The average molecular weight is 282 g/mol. The highest BCUT2D eigenvalue weighted by atomic mass is 19.1. The lowest BCUT2D eigenvalue weighted by Gasteiger charge is -2.13. The molecule has 1 aliphatic rings. The molecule has 4 rings (SSSR count). The van der Waals surface area contributed by atoms with Gasteiger partial charge in [0.05, 0.1) is 12.1 Å².